The van der Waals surface area contributed by atoms with E-state index in [0.29, 0.717) is 5.82 Å². The lowest BCUT2D eigenvalue weighted by Crippen LogP contribution is -2.05. The first kappa shape index (κ1) is 43.3. The zero-order valence-corrected chi connectivity index (χ0v) is 40.0. The van der Waals surface area contributed by atoms with Gasteiger partial charge in [0.2, 0.25) is 0 Å². The van der Waals surface area contributed by atoms with Crippen LogP contribution in [0.15, 0.2) is 285 Å². The number of hydrogen-bond acceptors (Lipinski definition) is 2. The van der Waals surface area contributed by atoms with E-state index in [2.05, 4.69) is 278 Å². The van der Waals surface area contributed by atoms with Gasteiger partial charge in [0.05, 0.1) is 28.1 Å². The minimum absolute atomic E-state index is 0.674. The summed E-state index contributed by atoms with van der Waals surface area (Å²) in [5, 5.41) is 2.34. The van der Waals surface area contributed by atoms with Gasteiger partial charge in [-0.3, -0.25) is 0 Å². The summed E-state index contributed by atoms with van der Waals surface area (Å²) in [7, 11) is 0. The molecule has 0 atom stereocenters. The van der Waals surface area contributed by atoms with Crippen molar-refractivity contribution in [2.75, 3.05) is 0 Å². The van der Waals surface area contributed by atoms with Crippen LogP contribution in [0.3, 0.4) is 0 Å². The zero-order valence-electron chi connectivity index (χ0n) is 40.0. The van der Waals surface area contributed by atoms with Crippen LogP contribution < -0.4 is 0 Å². The Hall–Kier alpha value is -9.70. The summed E-state index contributed by atoms with van der Waals surface area (Å²) in [5.41, 5.74) is 21.6. The van der Waals surface area contributed by atoms with Crippen molar-refractivity contribution >= 4 is 21.8 Å². The predicted molar refractivity (Wildman–Crippen MR) is 305 cm³/mol. The molecule has 0 aliphatic carbocycles. The molecule has 11 aromatic carbocycles. The van der Waals surface area contributed by atoms with Crippen LogP contribution in [0.25, 0.3) is 128 Å². The number of nitrogens with zero attached hydrogens (tertiary/aromatic N) is 3. The third-order valence-electron chi connectivity index (χ3n) is 14.0. The maximum atomic E-state index is 5.44. The molecule has 0 aliphatic rings. The van der Waals surface area contributed by atoms with Gasteiger partial charge in [0.1, 0.15) is 0 Å². The Morgan fingerprint density at radius 1 is 0.233 bits per heavy atom. The summed E-state index contributed by atoms with van der Waals surface area (Å²) in [5.74, 6) is 0.674. The lowest BCUT2D eigenvalue weighted by molar-refractivity contribution is 1.17. The summed E-state index contributed by atoms with van der Waals surface area (Å²) in [6.07, 6.45) is 0. The third-order valence-corrected chi connectivity index (χ3v) is 14.0. The van der Waals surface area contributed by atoms with Gasteiger partial charge in [-0.2, -0.15) is 0 Å². The van der Waals surface area contributed by atoms with Crippen LogP contribution in [-0.4, -0.2) is 14.5 Å². The summed E-state index contributed by atoms with van der Waals surface area (Å²) < 4.78 is 2.63. The number of fused-ring (bicyclic) bond motifs is 3. The average Bonchev–Trinajstić information content (AvgIpc) is 3.82. The molecule has 0 bridgehead atoms. The summed E-state index contributed by atoms with van der Waals surface area (Å²) in [4.78, 5) is 10.7. The smallest absolute Gasteiger partial charge is 0.160 e. The largest absolute Gasteiger partial charge is 0.307 e. The van der Waals surface area contributed by atoms with E-state index < -0.39 is 0 Å². The van der Waals surface area contributed by atoms with Crippen LogP contribution >= 0.6 is 0 Å². The first-order valence-corrected chi connectivity index (χ1v) is 24.9. The van der Waals surface area contributed by atoms with Crippen molar-refractivity contribution < 1.29 is 0 Å². The highest BCUT2D eigenvalue weighted by Gasteiger charge is 2.28. The third kappa shape index (κ3) is 8.00. The summed E-state index contributed by atoms with van der Waals surface area (Å²) in [6.45, 7) is 0. The van der Waals surface area contributed by atoms with Crippen molar-refractivity contribution in [1.29, 1.82) is 0 Å². The molecule has 0 saturated carbocycles. The van der Waals surface area contributed by atoms with Crippen molar-refractivity contribution in [3.05, 3.63) is 285 Å². The number of rotatable bonds is 10. The predicted octanol–water partition coefficient (Wildman–Crippen LogP) is 18.6. The maximum absolute atomic E-state index is 5.44. The molecular formula is C70H47N3. The van der Waals surface area contributed by atoms with Crippen molar-refractivity contribution in [2.24, 2.45) is 0 Å². The molecule has 342 valence electrons. The molecular weight excluding hydrogens is 883 g/mol. The standard InChI is InChI=1S/C70H47N3/c1-9-25-48(26-10-1)57-41-43-59-60-44-42-58(49-27-11-2-12-28-49)66(54-37-21-7-22-38-54)69(60)73(68(59)65(57)53-35-19-6-20-36-53)67-61(50-29-13-3-14-30-50)45-56(46-62(67)51-31-15-4-16-32-51)64-47-63(52-33-17-5-18-34-52)71-70(72-64)55-39-23-8-24-40-55/h1-47H. The van der Waals surface area contributed by atoms with E-state index in [-0.39, 0.29) is 0 Å². The molecule has 73 heavy (non-hydrogen) atoms. The van der Waals surface area contributed by atoms with E-state index in [9.17, 15) is 0 Å². The molecule has 0 saturated heterocycles. The highest BCUT2D eigenvalue weighted by molar-refractivity contribution is 6.22. The van der Waals surface area contributed by atoms with Crippen LogP contribution in [0.5, 0.6) is 0 Å². The molecule has 2 heterocycles. The van der Waals surface area contributed by atoms with Crippen molar-refractivity contribution in [3.63, 3.8) is 0 Å². The average molecular weight is 930 g/mol. The minimum Gasteiger partial charge on any atom is -0.307 e. The molecule has 0 N–H and O–H groups in total. The molecule has 13 aromatic rings. The van der Waals surface area contributed by atoms with Crippen molar-refractivity contribution in [3.8, 4) is 106 Å². The lowest BCUT2D eigenvalue weighted by atomic mass is 9.90. The van der Waals surface area contributed by atoms with Crippen LogP contribution in [0.1, 0.15) is 0 Å². The van der Waals surface area contributed by atoms with Gasteiger partial charge >= 0.3 is 0 Å². The van der Waals surface area contributed by atoms with Gasteiger partial charge in [0.25, 0.3) is 0 Å². The lowest BCUT2D eigenvalue weighted by Gasteiger charge is -2.24. The van der Waals surface area contributed by atoms with Gasteiger partial charge in [-0.1, -0.05) is 267 Å². The molecule has 3 nitrogen and oxygen atoms in total. The zero-order chi connectivity index (χ0) is 48.5. The molecule has 13 rings (SSSR count). The van der Waals surface area contributed by atoms with Gasteiger partial charge < -0.3 is 4.57 Å². The van der Waals surface area contributed by atoms with Gasteiger partial charge in [0.15, 0.2) is 5.82 Å². The molecule has 0 spiro atoms. The molecule has 0 aliphatic heterocycles. The van der Waals surface area contributed by atoms with E-state index in [1.807, 2.05) is 12.1 Å². The van der Waals surface area contributed by atoms with Gasteiger partial charge in [-0.25, -0.2) is 9.97 Å². The quantitative estimate of drug-likeness (QED) is 0.137. The SMILES string of the molecule is c1ccc(-c2cc(-c3cc(-c4ccccc4)c(-n4c5c(-c6ccccc6)c(-c6ccccc6)ccc5c5ccc(-c6ccccc6)c(-c6ccccc6)c54)c(-c4ccccc4)c3)nc(-c3ccccc3)n2)cc1. The Balaban J connectivity index is 1.25. The fourth-order valence-electron chi connectivity index (χ4n) is 10.7. The Morgan fingerprint density at radius 2 is 0.534 bits per heavy atom. The molecule has 0 amide bonds. The highest BCUT2D eigenvalue weighted by Crippen LogP contribution is 2.51. The van der Waals surface area contributed by atoms with Crippen LogP contribution in [0.4, 0.5) is 0 Å². The monoisotopic (exact) mass is 929 g/mol. The first-order chi connectivity index (χ1) is 36.2. The van der Waals surface area contributed by atoms with Crippen molar-refractivity contribution in [2.45, 2.75) is 0 Å². The van der Waals surface area contributed by atoms with Crippen molar-refractivity contribution in [1.82, 2.24) is 14.5 Å². The number of aromatic nitrogens is 3. The van der Waals surface area contributed by atoms with E-state index in [1.165, 1.54) is 21.9 Å². The van der Waals surface area contributed by atoms with Gasteiger partial charge in [-0.15, -0.1) is 0 Å². The van der Waals surface area contributed by atoms with Crippen LogP contribution in [0.2, 0.25) is 0 Å². The Bertz CT molecular complexity index is 3810. The van der Waals surface area contributed by atoms with E-state index >= 15 is 0 Å². The number of benzene rings is 11. The second-order valence-corrected chi connectivity index (χ2v) is 18.4. The molecule has 0 fully saturated rings. The second kappa shape index (κ2) is 18.9. The van der Waals surface area contributed by atoms with E-state index in [1.54, 1.807) is 0 Å². The molecule has 0 radical (unpaired) electrons. The topological polar surface area (TPSA) is 30.7 Å². The Labute approximate surface area is 425 Å². The van der Waals surface area contributed by atoms with E-state index in [4.69, 9.17) is 9.97 Å². The molecule has 3 heteroatoms. The molecule has 0 unspecified atom stereocenters. The maximum Gasteiger partial charge on any atom is 0.160 e. The fourth-order valence-corrected chi connectivity index (χ4v) is 10.7. The fraction of sp³-hybridized carbons (Fsp3) is 0. The summed E-state index contributed by atoms with van der Waals surface area (Å²) in [6, 6.07) is 102. The number of hydrogen-bond donors (Lipinski definition) is 0. The van der Waals surface area contributed by atoms with Crippen LogP contribution in [-0.2, 0) is 0 Å². The Morgan fingerprint density at radius 3 is 0.904 bits per heavy atom. The highest BCUT2D eigenvalue weighted by atomic mass is 15.0. The second-order valence-electron chi connectivity index (χ2n) is 18.4. The Kier molecular flexibility index (Phi) is 11.2. The van der Waals surface area contributed by atoms with Crippen LogP contribution in [0, 0.1) is 0 Å². The minimum atomic E-state index is 0.674. The van der Waals surface area contributed by atoms with Gasteiger partial charge in [0, 0.05) is 49.7 Å². The first-order valence-electron chi connectivity index (χ1n) is 24.9. The summed E-state index contributed by atoms with van der Waals surface area (Å²) >= 11 is 0. The normalized spacial score (nSPS) is 11.3. The van der Waals surface area contributed by atoms with Gasteiger partial charge in [-0.05, 0) is 62.7 Å². The molecule has 2 aromatic heterocycles. The van der Waals surface area contributed by atoms with E-state index in [0.717, 1.165) is 100 Å².